The Hall–Kier alpha value is -5.78. The summed E-state index contributed by atoms with van der Waals surface area (Å²) in [6.45, 7) is 17.0. The summed E-state index contributed by atoms with van der Waals surface area (Å²) >= 11 is 1.14. The molecule has 7 rings (SSSR count). The second-order valence-electron chi connectivity index (χ2n) is 17.8. The number of carbonyl (C=O) groups is 5. The van der Waals surface area contributed by atoms with Gasteiger partial charge >= 0.3 is 5.97 Å². The number of esters is 1. The molecular weight excluding hydrogens is 835 g/mol. The molecule has 64 heavy (non-hydrogen) atoms. The maximum absolute atomic E-state index is 14.5. The lowest BCUT2D eigenvalue weighted by Gasteiger charge is -2.35. The van der Waals surface area contributed by atoms with Crippen molar-refractivity contribution in [1.82, 2.24) is 44.5 Å². The second-order valence-corrected chi connectivity index (χ2v) is 18.7. The Morgan fingerprint density at radius 2 is 1.95 bits per heavy atom. The molecule has 16 nitrogen and oxygen atoms in total. The first-order chi connectivity index (χ1) is 30.5. The highest BCUT2D eigenvalue weighted by atomic mass is 32.1. The third-order valence-corrected chi connectivity index (χ3v) is 13.1. The Labute approximate surface area is 378 Å². The molecule has 6 bridgehead atoms. The number of likely N-dealkylation sites (tertiary alicyclic amines) is 1. The fraction of sp³-hybridized carbons (Fsp3) is 0.489. The zero-order chi connectivity index (χ0) is 46.0. The molecule has 340 valence electrons. The lowest BCUT2D eigenvalue weighted by molar-refractivity contribution is -0.155. The summed E-state index contributed by atoms with van der Waals surface area (Å²) in [6, 6.07) is 8.22. The van der Waals surface area contributed by atoms with E-state index in [4.69, 9.17) is 23.8 Å². The van der Waals surface area contributed by atoms with E-state index in [1.165, 1.54) is 23.0 Å². The Morgan fingerprint density at radius 1 is 1.17 bits per heavy atom. The maximum atomic E-state index is 14.5. The predicted molar refractivity (Wildman–Crippen MR) is 243 cm³/mol. The number of carbonyl (C=O) groups excluding carboxylic acids is 5. The Morgan fingerprint density at radius 3 is 2.67 bits per heavy atom. The second kappa shape index (κ2) is 19.1. The minimum atomic E-state index is -1.16. The summed E-state index contributed by atoms with van der Waals surface area (Å²) in [7, 11) is 3.21. The van der Waals surface area contributed by atoms with Gasteiger partial charge in [-0.1, -0.05) is 20.4 Å². The van der Waals surface area contributed by atoms with Crippen LogP contribution in [0, 0.1) is 11.3 Å². The van der Waals surface area contributed by atoms with Gasteiger partial charge in [-0.2, -0.15) is 4.37 Å². The molecule has 3 aliphatic rings. The monoisotopic (exact) mass is 893 g/mol. The SMILES string of the molecule is C=CC(=O)N1CC[C@H](C(=O)N(C)C(C(=O)N[C@H]2Cc3nc(ns3)-c3ccc4c(c3)c(c(-c3cccnc3[C@H](C)OC)n4CC)CC(C)(C)COC(=O)[C@@H]3CCCN(N3)C2=O)=C(C)C)C1. The number of aryl methyl sites for hydroxylation is 1. The Balaban J connectivity index is 1.28. The van der Waals surface area contributed by atoms with E-state index in [0.717, 1.165) is 50.5 Å². The van der Waals surface area contributed by atoms with Gasteiger partial charge in [0.25, 0.3) is 11.8 Å². The highest BCUT2D eigenvalue weighted by molar-refractivity contribution is 7.05. The van der Waals surface area contributed by atoms with Crippen LogP contribution < -0.4 is 10.7 Å². The zero-order valence-electron chi connectivity index (χ0n) is 38.0. The van der Waals surface area contributed by atoms with E-state index in [1.807, 2.05) is 19.1 Å². The number of fused-ring (bicyclic) bond motifs is 6. The summed E-state index contributed by atoms with van der Waals surface area (Å²) < 4.78 is 18.9. The third-order valence-electron chi connectivity index (χ3n) is 12.4. The highest BCUT2D eigenvalue weighted by Crippen LogP contribution is 2.42. The maximum Gasteiger partial charge on any atom is 0.324 e. The van der Waals surface area contributed by atoms with Crippen LogP contribution in [0.4, 0.5) is 0 Å². The number of rotatable bonds is 9. The van der Waals surface area contributed by atoms with Crippen LogP contribution in [-0.2, 0) is 52.8 Å². The van der Waals surface area contributed by atoms with Gasteiger partial charge in [-0.05, 0) is 112 Å². The summed E-state index contributed by atoms with van der Waals surface area (Å²) in [5.41, 5.74) is 8.87. The topological polar surface area (TPSA) is 181 Å². The molecule has 2 fully saturated rings. The molecule has 4 atom stereocenters. The molecule has 0 unspecified atom stereocenters. The van der Waals surface area contributed by atoms with Crippen LogP contribution in [0.15, 0.2) is 60.5 Å². The number of pyridine rings is 1. The number of ether oxygens (including phenoxy) is 2. The fourth-order valence-corrected chi connectivity index (χ4v) is 9.78. The first kappa shape index (κ1) is 46.2. The number of hydrogen-bond acceptors (Lipinski definition) is 12. The summed E-state index contributed by atoms with van der Waals surface area (Å²) in [4.78, 5) is 81.4. The zero-order valence-corrected chi connectivity index (χ0v) is 38.8. The standard InChI is InChI=1S/C47H59N9O7S/c1-10-38(57)54-21-18-30(25-54)44(59)53(8)40(27(3)4)43(58)49-35-23-37-50-42(52-64-37)29-16-17-36-32(22-29)33(41(55(36)11-2)31-14-12-19-48-39(31)28(5)62-9)24-47(6,7)26-63-46(61)34-15-13-20-56(51-34)45(35)60/h10,12,14,16-17,19,22,28,30,34-35,51H,1,11,13,15,18,20-21,23-26H2,2-9H3,(H,49,58)/t28-,30-,34-,35-/m0/s1. The van der Waals surface area contributed by atoms with Crippen molar-refractivity contribution in [3.8, 4) is 22.6 Å². The average Bonchev–Trinajstić information content (AvgIpc) is 4.05. The molecule has 4 amide bonds. The first-order valence-corrected chi connectivity index (χ1v) is 22.7. The van der Waals surface area contributed by atoms with Gasteiger partial charge < -0.3 is 29.2 Å². The van der Waals surface area contributed by atoms with Gasteiger partial charge in [-0.25, -0.2) is 10.4 Å². The van der Waals surface area contributed by atoms with Crippen LogP contribution in [0.2, 0.25) is 0 Å². The highest BCUT2D eigenvalue weighted by Gasteiger charge is 2.38. The minimum Gasteiger partial charge on any atom is -0.464 e. The number of allylic oxidation sites excluding steroid dienone is 1. The summed E-state index contributed by atoms with van der Waals surface area (Å²) in [5, 5.41) is 5.82. The number of aromatic nitrogens is 4. The van der Waals surface area contributed by atoms with Crippen LogP contribution in [0.5, 0.6) is 0 Å². The normalized spacial score (nSPS) is 20.6. The van der Waals surface area contributed by atoms with Crippen molar-refractivity contribution in [2.24, 2.45) is 11.3 Å². The third kappa shape index (κ3) is 9.38. The molecular formula is C47H59N9O7S. The molecule has 0 radical (unpaired) electrons. The number of hydrazine groups is 1. The van der Waals surface area contributed by atoms with Gasteiger partial charge in [0.05, 0.1) is 30.0 Å². The minimum absolute atomic E-state index is 0.00992. The quantitative estimate of drug-likeness (QED) is 0.163. The molecule has 6 heterocycles. The summed E-state index contributed by atoms with van der Waals surface area (Å²) in [5.74, 6) is -2.18. The van der Waals surface area contributed by atoms with E-state index in [0.29, 0.717) is 55.2 Å². The van der Waals surface area contributed by atoms with Crippen LogP contribution in [0.3, 0.4) is 0 Å². The van der Waals surface area contributed by atoms with Crippen molar-refractivity contribution >= 4 is 52.0 Å². The lowest BCUT2D eigenvalue weighted by Crippen LogP contribution is -2.60. The van der Waals surface area contributed by atoms with E-state index in [2.05, 4.69) is 60.9 Å². The molecule has 0 saturated carbocycles. The molecule has 2 N–H and O–H groups in total. The average molecular weight is 894 g/mol. The van der Waals surface area contributed by atoms with E-state index in [9.17, 15) is 24.0 Å². The number of likely N-dealkylation sites (N-methyl/N-ethyl adjacent to an activating group) is 1. The van der Waals surface area contributed by atoms with Crippen LogP contribution >= 0.6 is 11.5 Å². The number of benzene rings is 1. The number of amides is 4. The molecule has 1 aromatic carbocycles. The van der Waals surface area contributed by atoms with Gasteiger partial charge in [0.15, 0.2) is 5.82 Å². The van der Waals surface area contributed by atoms with E-state index in [-0.39, 0.29) is 49.7 Å². The Kier molecular flexibility index (Phi) is 13.8. The smallest absolute Gasteiger partial charge is 0.324 e. The molecule has 17 heteroatoms. The van der Waals surface area contributed by atoms with Crippen molar-refractivity contribution in [2.75, 3.05) is 40.4 Å². The van der Waals surface area contributed by atoms with Crippen molar-refractivity contribution in [2.45, 2.75) is 98.4 Å². The van der Waals surface area contributed by atoms with Crippen LogP contribution in [0.1, 0.15) is 83.2 Å². The van der Waals surface area contributed by atoms with E-state index < -0.39 is 41.2 Å². The number of methoxy groups -OCH3 is 1. The Bertz CT molecular complexity index is 2510. The number of cyclic esters (lactones) is 1. The molecule has 0 aliphatic carbocycles. The lowest BCUT2D eigenvalue weighted by atomic mass is 9.84. The first-order valence-electron chi connectivity index (χ1n) is 21.9. The van der Waals surface area contributed by atoms with Crippen LogP contribution in [0.25, 0.3) is 33.5 Å². The van der Waals surface area contributed by atoms with Gasteiger partial charge in [-0.3, -0.25) is 34.0 Å². The van der Waals surface area contributed by atoms with Crippen molar-refractivity contribution in [3.63, 3.8) is 0 Å². The summed E-state index contributed by atoms with van der Waals surface area (Å²) in [6.07, 6.45) is 4.69. The van der Waals surface area contributed by atoms with Crippen molar-refractivity contribution < 1.29 is 33.4 Å². The van der Waals surface area contributed by atoms with Crippen molar-refractivity contribution in [3.05, 3.63) is 76.7 Å². The number of nitrogens with zero attached hydrogens (tertiary/aromatic N) is 7. The predicted octanol–water partition coefficient (Wildman–Crippen LogP) is 5.38. The van der Waals surface area contributed by atoms with E-state index in [1.54, 1.807) is 32.1 Å². The molecule has 3 aliphatic heterocycles. The van der Waals surface area contributed by atoms with Gasteiger partial charge in [0.1, 0.15) is 22.8 Å². The van der Waals surface area contributed by atoms with Gasteiger partial charge in [0, 0.05) is 80.4 Å². The molecule has 2 saturated heterocycles. The van der Waals surface area contributed by atoms with Gasteiger partial charge in [-0.15, -0.1) is 0 Å². The molecule has 3 aromatic heterocycles. The number of nitrogens with one attached hydrogen (secondary N) is 2. The van der Waals surface area contributed by atoms with E-state index >= 15 is 0 Å². The number of hydrogen-bond donors (Lipinski definition) is 2. The fourth-order valence-electron chi connectivity index (χ4n) is 9.08. The molecule has 0 spiro atoms. The van der Waals surface area contributed by atoms with Crippen molar-refractivity contribution in [1.29, 1.82) is 0 Å². The van der Waals surface area contributed by atoms with Gasteiger partial charge in [0.2, 0.25) is 11.8 Å². The largest absolute Gasteiger partial charge is 0.464 e. The molecule has 4 aromatic rings. The van der Waals surface area contributed by atoms with Crippen LogP contribution in [-0.4, -0.2) is 116 Å².